The minimum absolute atomic E-state index is 0.0315. The van der Waals surface area contributed by atoms with Gasteiger partial charge in [0.15, 0.2) is 0 Å². The summed E-state index contributed by atoms with van der Waals surface area (Å²) in [5, 5.41) is 9.68. The summed E-state index contributed by atoms with van der Waals surface area (Å²) >= 11 is 0. The molecule has 8 heterocycles. The van der Waals surface area contributed by atoms with Crippen molar-refractivity contribution in [3.8, 4) is 5.69 Å². The van der Waals surface area contributed by atoms with Crippen LogP contribution in [0.4, 0.5) is 21.5 Å². The summed E-state index contributed by atoms with van der Waals surface area (Å²) in [6, 6.07) is 19.1. The average molecular weight is 883 g/mol. The van der Waals surface area contributed by atoms with E-state index in [1.807, 2.05) is 35.4 Å². The molecule has 0 spiro atoms. The maximum Gasteiger partial charge on any atom is 0.260 e. The second-order valence-electron chi connectivity index (χ2n) is 18.7. The number of benzene rings is 2. The Labute approximate surface area is 378 Å². The van der Waals surface area contributed by atoms with E-state index in [-0.39, 0.29) is 41.6 Å². The summed E-state index contributed by atoms with van der Waals surface area (Å²) in [7, 11) is 2.07. The molecule has 2 atom stereocenters. The van der Waals surface area contributed by atoms with Crippen molar-refractivity contribution in [1.29, 1.82) is 0 Å². The number of nitrogens with zero attached hydrogens (tertiary/aromatic N) is 7. The fourth-order valence-electron chi connectivity index (χ4n) is 11.0. The first-order valence-electron chi connectivity index (χ1n) is 23.5. The van der Waals surface area contributed by atoms with Crippen LogP contribution in [0.1, 0.15) is 84.6 Å². The third-order valence-corrected chi connectivity index (χ3v) is 14.9. The number of hydrogen-bond donors (Lipinski definition) is 3. The number of likely N-dealkylation sites (tertiary alicyclic amines) is 2. The van der Waals surface area contributed by atoms with Gasteiger partial charge in [-0.25, -0.2) is 9.37 Å². The van der Waals surface area contributed by atoms with E-state index >= 15 is 4.39 Å². The summed E-state index contributed by atoms with van der Waals surface area (Å²) in [6.07, 6.45) is 9.09. The van der Waals surface area contributed by atoms with E-state index in [1.54, 1.807) is 22.9 Å². The number of pyridine rings is 2. The van der Waals surface area contributed by atoms with Crippen molar-refractivity contribution in [2.24, 2.45) is 13.0 Å². The van der Waals surface area contributed by atoms with Crippen LogP contribution in [0.3, 0.4) is 0 Å². The Morgan fingerprint density at radius 3 is 2.37 bits per heavy atom. The molecule has 340 valence electrons. The van der Waals surface area contributed by atoms with Crippen LogP contribution in [0.5, 0.6) is 0 Å². The molecule has 5 aliphatic heterocycles. The van der Waals surface area contributed by atoms with Gasteiger partial charge in [-0.3, -0.25) is 38.9 Å². The third kappa shape index (κ3) is 8.63. The monoisotopic (exact) mass is 882 g/mol. The molecule has 0 bridgehead atoms. The van der Waals surface area contributed by atoms with Crippen molar-refractivity contribution in [3.05, 3.63) is 112 Å². The predicted molar refractivity (Wildman–Crippen MR) is 250 cm³/mol. The highest BCUT2D eigenvalue weighted by atomic mass is 19.1. The van der Waals surface area contributed by atoms with Gasteiger partial charge in [0.05, 0.1) is 11.4 Å². The number of carbonyl (C=O) groups excluding carboxylic acids is 3. The molecule has 0 radical (unpaired) electrons. The van der Waals surface area contributed by atoms with Gasteiger partial charge in [-0.2, -0.15) is 0 Å². The summed E-state index contributed by atoms with van der Waals surface area (Å²) in [5.41, 5.74) is 7.86. The Morgan fingerprint density at radius 1 is 0.862 bits per heavy atom. The van der Waals surface area contributed by atoms with E-state index < -0.39 is 6.04 Å². The first-order chi connectivity index (χ1) is 31.6. The number of piperazine rings is 1. The molecule has 1 unspecified atom stereocenters. The van der Waals surface area contributed by atoms with Gasteiger partial charge in [0.2, 0.25) is 11.8 Å². The zero-order valence-corrected chi connectivity index (χ0v) is 37.4. The van der Waals surface area contributed by atoms with Crippen LogP contribution < -0.4 is 26.4 Å². The number of anilines is 3. The van der Waals surface area contributed by atoms with E-state index in [0.717, 1.165) is 131 Å². The van der Waals surface area contributed by atoms with E-state index in [4.69, 9.17) is 4.98 Å². The number of halogens is 1. The van der Waals surface area contributed by atoms with Crippen LogP contribution in [0, 0.1) is 11.7 Å². The molecule has 15 heteroatoms. The summed E-state index contributed by atoms with van der Waals surface area (Å²) in [6.45, 7) is 10.6. The standard InChI is InChI=1S/C50H59FN10O4/c1-32(45-30-39-43(12-19-53-47(39)56(45)2)61-24-17-41-38(50(61)65)11-18-52-41)58-22-15-35(16-23-58)34-3-5-36(6-4-34)49(64)60-20-13-33(14-21-60)31-57-25-27-59(28-26-57)44-9-7-37(29-40(44)51)54-42-8-10-46(62)55-48(42)63/h3-7,9,12,17,19,24,29-30,32-33,35,42,52,54H,8,10-11,13-16,18,20-23,25-28,31H2,1-2H3,(H,55,62,63)/t32-,42?/m0/s1. The van der Waals surface area contributed by atoms with Gasteiger partial charge >= 0.3 is 0 Å². The van der Waals surface area contributed by atoms with E-state index in [1.165, 1.54) is 17.3 Å². The zero-order valence-electron chi connectivity index (χ0n) is 37.4. The van der Waals surface area contributed by atoms with Crippen LogP contribution in [0.25, 0.3) is 16.7 Å². The molecule has 5 aliphatic rings. The average Bonchev–Trinajstić information content (AvgIpc) is 3.96. The second-order valence-corrected chi connectivity index (χ2v) is 18.7. The van der Waals surface area contributed by atoms with Crippen LogP contribution >= 0.6 is 0 Å². The van der Waals surface area contributed by atoms with Gasteiger partial charge in [0, 0.05) is 118 Å². The Balaban J connectivity index is 0.676. The van der Waals surface area contributed by atoms with Gasteiger partial charge in [-0.05, 0) is 124 Å². The molecular weight excluding hydrogens is 824 g/mol. The molecule has 0 saturated carbocycles. The molecule has 3 aromatic heterocycles. The number of rotatable bonds is 10. The molecule has 2 aromatic carbocycles. The number of aryl methyl sites for hydroxylation is 1. The highest BCUT2D eigenvalue weighted by molar-refractivity contribution is 6.01. The molecule has 4 saturated heterocycles. The second kappa shape index (κ2) is 18.1. The van der Waals surface area contributed by atoms with Crippen molar-refractivity contribution in [3.63, 3.8) is 0 Å². The molecule has 3 amide bonds. The first-order valence-corrected chi connectivity index (χ1v) is 23.5. The van der Waals surface area contributed by atoms with Gasteiger partial charge in [-0.15, -0.1) is 0 Å². The molecule has 5 aromatic rings. The van der Waals surface area contributed by atoms with E-state index in [2.05, 4.69) is 67.4 Å². The Bertz CT molecular complexity index is 2660. The van der Waals surface area contributed by atoms with E-state index in [0.29, 0.717) is 29.6 Å². The summed E-state index contributed by atoms with van der Waals surface area (Å²) < 4.78 is 19.2. The number of fused-ring (bicyclic) bond motifs is 2. The van der Waals surface area contributed by atoms with Crippen molar-refractivity contribution in [2.75, 3.05) is 81.0 Å². The Morgan fingerprint density at radius 2 is 1.63 bits per heavy atom. The fraction of sp³-hybridized carbons (Fsp3) is 0.460. The quantitative estimate of drug-likeness (QED) is 0.151. The Hall–Kier alpha value is -6.06. The summed E-state index contributed by atoms with van der Waals surface area (Å²) in [4.78, 5) is 64.5. The number of amides is 3. The first kappa shape index (κ1) is 42.9. The van der Waals surface area contributed by atoms with Gasteiger partial charge in [-0.1, -0.05) is 12.1 Å². The summed E-state index contributed by atoms with van der Waals surface area (Å²) in [5.74, 6) is 0.0845. The van der Waals surface area contributed by atoms with Crippen LogP contribution in [0.15, 0.2) is 77.9 Å². The molecule has 65 heavy (non-hydrogen) atoms. The minimum atomic E-state index is -0.553. The lowest BCUT2D eigenvalue weighted by atomic mass is 9.88. The highest BCUT2D eigenvalue weighted by Crippen LogP contribution is 2.35. The third-order valence-electron chi connectivity index (χ3n) is 14.9. The largest absolute Gasteiger partial charge is 0.384 e. The van der Waals surface area contributed by atoms with Gasteiger partial charge < -0.3 is 25.0 Å². The molecular formula is C50H59FN10O4. The lowest BCUT2D eigenvalue weighted by molar-refractivity contribution is -0.133. The molecule has 4 fully saturated rings. The molecule has 3 N–H and O–H groups in total. The van der Waals surface area contributed by atoms with E-state index in [9.17, 15) is 19.2 Å². The number of piperidine rings is 3. The normalized spacial score (nSPS) is 20.8. The smallest absolute Gasteiger partial charge is 0.260 e. The SMILES string of the molecule is C[C@@H](c1cc2c(-n3ccc4c(c3=O)CCN4)ccnc2n1C)N1CCC(c2ccc(C(=O)N3CCC(CN4CCN(c5ccc(NC6CCC(=O)NC6=O)cc5F)CC4)CC3)cc2)CC1. The highest BCUT2D eigenvalue weighted by Gasteiger charge is 2.31. The fourth-order valence-corrected chi connectivity index (χ4v) is 11.0. The van der Waals surface area contributed by atoms with Crippen LogP contribution in [-0.4, -0.2) is 118 Å². The molecule has 14 nitrogen and oxygen atoms in total. The number of hydrogen-bond acceptors (Lipinski definition) is 10. The minimum Gasteiger partial charge on any atom is -0.384 e. The van der Waals surface area contributed by atoms with Crippen molar-refractivity contribution >= 4 is 45.8 Å². The zero-order chi connectivity index (χ0) is 44.8. The number of aromatic nitrogens is 3. The number of imide groups is 1. The van der Waals surface area contributed by atoms with Crippen LogP contribution in [0.2, 0.25) is 0 Å². The molecule has 0 aliphatic carbocycles. The topological polar surface area (TPSA) is 140 Å². The van der Waals surface area contributed by atoms with Gasteiger partial charge in [0.25, 0.3) is 11.5 Å². The predicted octanol–water partition coefficient (Wildman–Crippen LogP) is 5.66. The lowest BCUT2D eigenvalue weighted by Crippen LogP contribution is -2.49. The lowest BCUT2D eigenvalue weighted by Gasteiger charge is -2.39. The van der Waals surface area contributed by atoms with Crippen molar-refractivity contribution in [2.45, 2.75) is 69.9 Å². The van der Waals surface area contributed by atoms with Crippen LogP contribution in [-0.2, 0) is 23.1 Å². The maximum atomic E-state index is 15.3. The van der Waals surface area contributed by atoms with Crippen molar-refractivity contribution < 1.29 is 18.8 Å². The number of carbonyl (C=O) groups is 3. The number of nitrogens with one attached hydrogen (secondary N) is 3. The molecule has 10 rings (SSSR count). The maximum absolute atomic E-state index is 15.3. The van der Waals surface area contributed by atoms with Crippen molar-refractivity contribution in [1.82, 2.24) is 34.1 Å². The van der Waals surface area contributed by atoms with Gasteiger partial charge in [0.1, 0.15) is 17.5 Å². The Kier molecular flexibility index (Phi) is 11.9.